The van der Waals surface area contributed by atoms with Crippen LogP contribution in [0.15, 0.2) is 34.9 Å². The summed E-state index contributed by atoms with van der Waals surface area (Å²) in [5.41, 5.74) is 2.86. The summed E-state index contributed by atoms with van der Waals surface area (Å²) in [4.78, 5) is 11.3. The first-order valence-electron chi connectivity index (χ1n) is 6.04. The molecule has 5 heteroatoms. The van der Waals surface area contributed by atoms with E-state index in [1.54, 1.807) is 18.2 Å². The van der Waals surface area contributed by atoms with Crippen LogP contribution in [0.5, 0.6) is 0 Å². The summed E-state index contributed by atoms with van der Waals surface area (Å²) in [6.07, 6.45) is 1.36. The van der Waals surface area contributed by atoms with E-state index >= 15 is 0 Å². The Labute approximate surface area is 116 Å². The minimum absolute atomic E-state index is 0.381. The molecule has 20 heavy (non-hydrogen) atoms. The number of furan rings is 1. The fourth-order valence-corrected chi connectivity index (χ4v) is 1.76. The molecule has 0 bridgehead atoms. The molecule has 5 nitrogen and oxygen atoms in total. The molecule has 0 amide bonds. The Kier molecular flexibility index (Phi) is 4.06. The second kappa shape index (κ2) is 5.93. The summed E-state index contributed by atoms with van der Waals surface area (Å²) < 4.78 is 9.88. The van der Waals surface area contributed by atoms with Crippen LogP contribution >= 0.6 is 0 Å². The number of aryl methyl sites for hydroxylation is 1. The number of esters is 1. The largest absolute Gasteiger partial charge is 0.467 e. The quantitative estimate of drug-likeness (QED) is 0.864. The molecule has 2 rings (SSSR count). The number of nitrogens with zero attached hydrogens (tertiary/aromatic N) is 1. The average Bonchev–Trinajstić information content (AvgIpc) is 2.94. The van der Waals surface area contributed by atoms with Gasteiger partial charge in [-0.2, -0.15) is 5.26 Å². The van der Waals surface area contributed by atoms with Crippen LogP contribution < -0.4 is 5.32 Å². The number of ether oxygens (including phenoxy) is 1. The predicted molar refractivity (Wildman–Crippen MR) is 73.3 cm³/mol. The highest BCUT2D eigenvalue weighted by atomic mass is 16.5. The molecule has 0 spiro atoms. The summed E-state index contributed by atoms with van der Waals surface area (Å²) in [5.74, 6) is 0.190. The maximum absolute atomic E-state index is 11.3. The normalized spacial score (nSPS) is 9.85. The number of carbonyl (C=O) groups excluding carboxylic acids is 1. The number of nitriles is 1. The first-order chi connectivity index (χ1) is 9.63. The molecule has 102 valence electrons. The summed E-state index contributed by atoms with van der Waals surface area (Å²) >= 11 is 0. The minimum Gasteiger partial charge on any atom is -0.467 e. The van der Waals surface area contributed by atoms with Gasteiger partial charge in [-0.3, -0.25) is 0 Å². The first-order valence-corrected chi connectivity index (χ1v) is 6.04. The lowest BCUT2D eigenvalue weighted by molar-refractivity contribution is 0.0600. The highest BCUT2D eigenvalue weighted by Gasteiger charge is 2.10. The molecule has 1 N–H and O–H groups in total. The third-order valence-electron chi connectivity index (χ3n) is 2.89. The van der Waals surface area contributed by atoms with Crippen LogP contribution in [0.4, 0.5) is 5.69 Å². The van der Waals surface area contributed by atoms with Gasteiger partial charge >= 0.3 is 5.97 Å². The van der Waals surface area contributed by atoms with Gasteiger partial charge in [-0.1, -0.05) is 6.07 Å². The Bertz CT molecular complexity index is 668. The van der Waals surface area contributed by atoms with E-state index in [9.17, 15) is 4.79 Å². The van der Waals surface area contributed by atoms with Crippen LogP contribution in [0.2, 0.25) is 0 Å². The van der Waals surface area contributed by atoms with Gasteiger partial charge in [-0.25, -0.2) is 4.79 Å². The molecule has 0 fully saturated rings. The lowest BCUT2D eigenvalue weighted by atomic mass is 10.1. The number of nitrogens with one attached hydrogen (secondary N) is 1. The first kappa shape index (κ1) is 13.7. The van der Waals surface area contributed by atoms with Crippen molar-refractivity contribution in [3.63, 3.8) is 0 Å². The third kappa shape index (κ3) is 2.98. The monoisotopic (exact) mass is 270 g/mol. The molecule has 2 aromatic rings. The van der Waals surface area contributed by atoms with Crippen LogP contribution in [0.3, 0.4) is 0 Å². The molecule has 1 heterocycles. The Balaban J connectivity index is 2.07. The zero-order valence-corrected chi connectivity index (χ0v) is 11.3. The predicted octanol–water partition coefficient (Wildman–Crippen LogP) is 2.86. The summed E-state index contributed by atoms with van der Waals surface area (Å²) in [6.45, 7) is 2.37. The van der Waals surface area contributed by atoms with E-state index in [-0.39, 0.29) is 0 Å². The molecular weight excluding hydrogens is 256 g/mol. The number of rotatable bonds is 4. The van der Waals surface area contributed by atoms with Crippen molar-refractivity contribution in [1.29, 1.82) is 5.26 Å². The standard InChI is InChI=1S/C15H14N2O3/c1-10-3-4-11(7-16)5-14(10)17-8-13-6-12(9-20-13)15(18)19-2/h3-6,9,17H,8H2,1-2H3. The Hall–Kier alpha value is -2.74. The smallest absolute Gasteiger partial charge is 0.341 e. The number of methoxy groups -OCH3 is 1. The molecular formula is C15H14N2O3. The van der Waals surface area contributed by atoms with Gasteiger partial charge < -0.3 is 14.5 Å². The number of carbonyl (C=O) groups is 1. The SMILES string of the molecule is COC(=O)c1coc(CNc2cc(C#N)ccc2C)c1. The van der Waals surface area contributed by atoms with Gasteiger partial charge in [0.05, 0.1) is 30.9 Å². The number of benzene rings is 1. The fraction of sp³-hybridized carbons (Fsp3) is 0.200. The van der Waals surface area contributed by atoms with Crippen molar-refractivity contribution in [2.24, 2.45) is 0 Å². The maximum Gasteiger partial charge on any atom is 0.341 e. The molecule has 0 saturated carbocycles. The third-order valence-corrected chi connectivity index (χ3v) is 2.89. The van der Waals surface area contributed by atoms with Crippen LogP contribution in [-0.4, -0.2) is 13.1 Å². The van der Waals surface area contributed by atoms with Crippen LogP contribution in [0.1, 0.15) is 27.2 Å². The second-order valence-corrected chi connectivity index (χ2v) is 4.29. The number of anilines is 1. The Morgan fingerprint density at radius 1 is 1.45 bits per heavy atom. The zero-order valence-electron chi connectivity index (χ0n) is 11.3. The van der Waals surface area contributed by atoms with Gasteiger partial charge in [0.2, 0.25) is 0 Å². The van der Waals surface area contributed by atoms with Crippen molar-refractivity contribution in [1.82, 2.24) is 0 Å². The molecule has 0 atom stereocenters. The maximum atomic E-state index is 11.3. The highest BCUT2D eigenvalue weighted by molar-refractivity contribution is 5.89. The van der Waals surface area contributed by atoms with Crippen LogP contribution in [0, 0.1) is 18.3 Å². The van der Waals surface area contributed by atoms with Crippen LogP contribution in [0.25, 0.3) is 0 Å². The van der Waals surface area contributed by atoms with Crippen molar-refractivity contribution in [2.45, 2.75) is 13.5 Å². The van der Waals surface area contributed by atoms with E-state index in [1.807, 2.05) is 13.0 Å². The van der Waals surface area contributed by atoms with Gasteiger partial charge in [0.1, 0.15) is 12.0 Å². The van der Waals surface area contributed by atoms with Gasteiger partial charge in [-0.05, 0) is 30.7 Å². The van der Waals surface area contributed by atoms with Gasteiger partial charge in [0, 0.05) is 5.69 Å². The average molecular weight is 270 g/mol. The van der Waals surface area contributed by atoms with Crippen LogP contribution in [-0.2, 0) is 11.3 Å². The van der Waals surface area contributed by atoms with Gasteiger partial charge in [0.25, 0.3) is 0 Å². The van der Waals surface area contributed by atoms with E-state index in [2.05, 4.69) is 16.1 Å². The zero-order chi connectivity index (χ0) is 14.5. The van der Waals surface area contributed by atoms with E-state index in [0.717, 1.165) is 11.3 Å². The van der Waals surface area contributed by atoms with E-state index < -0.39 is 5.97 Å². The van der Waals surface area contributed by atoms with Crippen molar-refractivity contribution in [3.8, 4) is 6.07 Å². The Morgan fingerprint density at radius 3 is 2.95 bits per heavy atom. The summed E-state index contributed by atoms with van der Waals surface area (Å²) in [6, 6.07) is 9.14. The summed E-state index contributed by atoms with van der Waals surface area (Å²) in [5, 5.41) is 12.1. The van der Waals surface area contributed by atoms with Crippen molar-refractivity contribution in [2.75, 3.05) is 12.4 Å². The van der Waals surface area contributed by atoms with E-state index in [4.69, 9.17) is 9.68 Å². The second-order valence-electron chi connectivity index (χ2n) is 4.29. The van der Waals surface area contributed by atoms with Crippen molar-refractivity contribution >= 4 is 11.7 Å². The van der Waals surface area contributed by atoms with E-state index in [0.29, 0.717) is 23.4 Å². The van der Waals surface area contributed by atoms with Gasteiger partial charge in [0.15, 0.2) is 0 Å². The lowest BCUT2D eigenvalue weighted by Gasteiger charge is -2.08. The van der Waals surface area contributed by atoms with Gasteiger partial charge in [-0.15, -0.1) is 0 Å². The molecule has 0 aliphatic carbocycles. The topological polar surface area (TPSA) is 75.3 Å². The number of hydrogen-bond acceptors (Lipinski definition) is 5. The van der Waals surface area contributed by atoms with E-state index in [1.165, 1.54) is 13.4 Å². The highest BCUT2D eigenvalue weighted by Crippen LogP contribution is 2.18. The van der Waals surface area contributed by atoms with Crippen molar-refractivity contribution in [3.05, 3.63) is 53.0 Å². The fourth-order valence-electron chi connectivity index (χ4n) is 1.76. The lowest BCUT2D eigenvalue weighted by Crippen LogP contribution is -2.01. The minimum atomic E-state index is -0.428. The molecule has 0 aliphatic heterocycles. The Morgan fingerprint density at radius 2 is 2.25 bits per heavy atom. The molecule has 0 aliphatic rings. The summed E-state index contributed by atoms with van der Waals surface area (Å²) in [7, 11) is 1.32. The van der Waals surface area contributed by atoms with Crippen molar-refractivity contribution < 1.29 is 13.9 Å². The number of hydrogen-bond donors (Lipinski definition) is 1. The molecule has 1 aromatic heterocycles. The molecule has 0 radical (unpaired) electrons. The molecule has 1 aromatic carbocycles. The molecule has 0 saturated heterocycles. The molecule has 0 unspecified atom stereocenters.